The van der Waals surface area contributed by atoms with Gasteiger partial charge >= 0.3 is 17.1 Å². The molecule has 1 rings (SSSR count). The summed E-state index contributed by atoms with van der Waals surface area (Å²) in [7, 11) is 2.06. The molecule has 0 heterocycles. The molecule has 1 aromatic rings. The Labute approximate surface area is 124 Å². The summed E-state index contributed by atoms with van der Waals surface area (Å²) in [6.07, 6.45) is 0. The van der Waals surface area contributed by atoms with Crippen LogP contribution in [0.15, 0.2) is 24.3 Å². The van der Waals surface area contributed by atoms with Gasteiger partial charge in [-0.25, -0.2) is 0 Å². The Morgan fingerprint density at radius 1 is 0.700 bits per heavy atom. The summed E-state index contributed by atoms with van der Waals surface area (Å²) < 4.78 is 23.3. The molecule has 0 spiro atoms. The van der Waals surface area contributed by atoms with Gasteiger partial charge in [0.15, 0.2) is 0 Å². The van der Waals surface area contributed by atoms with Gasteiger partial charge in [-0.2, -0.15) is 0 Å². The molecule has 0 bridgehead atoms. The molecule has 0 aliphatic carbocycles. The van der Waals surface area contributed by atoms with Crippen LogP contribution in [-0.2, 0) is 17.7 Å². The van der Waals surface area contributed by atoms with Crippen LogP contribution in [0.1, 0.15) is 13.8 Å². The second kappa shape index (κ2) is 7.49. The fourth-order valence-corrected chi connectivity index (χ4v) is 8.67. The molecule has 0 aliphatic heterocycles. The summed E-state index contributed by atoms with van der Waals surface area (Å²) in [4.78, 5) is 0. The Hall–Kier alpha value is -0.506. The van der Waals surface area contributed by atoms with E-state index in [9.17, 15) is 0 Å². The monoisotopic (exact) mass is 314 g/mol. The third kappa shape index (κ3) is 2.90. The maximum absolute atomic E-state index is 5.82. The quantitative estimate of drug-likeness (QED) is 0.683. The lowest BCUT2D eigenvalue weighted by atomic mass is 10.4. The van der Waals surface area contributed by atoms with Crippen LogP contribution in [0, 0.1) is 0 Å². The molecule has 0 aliphatic rings. The van der Waals surface area contributed by atoms with Gasteiger partial charge < -0.3 is 17.7 Å². The Kier molecular flexibility index (Phi) is 6.57. The van der Waals surface area contributed by atoms with Crippen molar-refractivity contribution in [2.45, 2.75) is 25.9 Å². The van der Waals surface area contributed by atoms with Crippen molar-refractivity contribution in [2.75, 3.05) is 28.4 Å². The van der Waals surface area contributed by atoms with Crippen molar-refractivity contribution in [3.63, 3.8) is 0 Å². The van der Waals surface area contributed by atoms with E-state index >= 15 is 0 Å². The maximum Gasteiger partial charge on any atom is 0.371 e. The van der Waals surface area contributed by atoms with Gasteiger partial charge in [0, 0.05) is 28.4 Å². The number of hydrogen-bond donors (Lipinski definition) is 0. The van der Waals surface area contributed by atoms with Crippen LogP contribution >= 0.6 is 0 Å². The van der Waals surface area contributed by atoms with Gasteiger partial charge in [-0.15, -0.1) is 0 Å². The lowest BCUT2D eigenvalue weighted by molar-refractivity contribution is 0.254. The van der Waals surface area contributed by atoms with E-state index in [1.807, 2.05) is 12.1 Å². The van der Waals surface area contributed by atoms with Crippen molar-refractivity contribution >= 4 is 27.5 Å². The molecule has 0 aromatic heterocycles. The Bertz CT molecular complexity index is 362. The van der Waals surface area contributed by atoms with E-state index in [1.165, 1.54) is 0 Å². The lowest BCUT2D eigenvalue weighted by Gasteiger charge is -2.34. The van der Waals surface area contributed by atoms with Crippen LogP contribution < -0.4 is 10.4 Å². The molecule has 0 atom stereocenters. The van der Waals surface area contributed by atoms with Gasteiger partial charge in [0.05, 0.1) is 0 Å². The topological polar surface area (TPSA) is 36.9 Å². The molecular formula is C14H26O4Si2. The molecule has 20 heavy (non-hydrogen) atoms. The molecule has 0 N–H and O–H groups in total. The molecule has 4 nitrogen and oxygen atoms in total. The highest BCUT2D eigenvalue weighted by Crippen LogP contribution is 2.16. The minimum Gasteiger partial charge on any atom is -0.394 e. The van der Waals surface area contributed by atoms with Gasteiger partial charge in [0.25, 0.3) is 0 Å². The molecule has 6 heteroatoms. The second-order valence-corrected chi connectivity index (χ2v) is 11.7. The van der Waals surface area contributed by atoms with Gasteiger partial charge in [-0.05, 0) is 22.5 Å². The molecule has 0 radical (unpaired) electrons. The van der Waals surface area contributed by atoms with Gasteiger partial charge in [-0.1, -0.05) is 38.1 Å². The first-order valence-corrected chi connectivity index (χ1v) is 10.9. The van der Waals surface area contributed by atoms with Gasteiger partial charge in [0.1, 0.15) is 0 Å². The van der Waals surface area contributed by atoms with Crippen LogP contribution in [0.25, 0.3) is 0 Å². The zero-order valence-electron chi connectivity index (χ0n) is 13.4. The normalized spacial score (nSPS) is 12.7. The molecule has 114 valence electrons. The third-order valence-corrected chi connectivity index (χ3v) is 11.3. The minimum absolute atomic E-state index is 0.846. The first-order chi connectivity index (χ1) is 9.59. The average Bonchev–Trinajstić information content (AvgIpc) is 2.53. The predicted molar refractivity (Wildman–Crippen MR) is 86.2 cm³/mol. The standard InChI is InChI=1S/C14H26O4Si2/c1-7-19(15-3,16-4)13-11-9-10-12-14(13)20(8-2,17-5)18-6/h9-12H,7-8H2,1-6H3. The molecule has 0 saturated carbocycles. The lowest BCUT2D eigenvalue weighted by Crippen LogP contribution is -2.66. The molecule has 0 amide bonds. The van der Waals surface area contributed by atoms with E-state index in [0.717, 1.165) is 22.5 Å². The van der Waals surface area contributed by atoms with Crippen molar-refractivity contribution in [1.29, 1.82) is 0 Å². The van der Waals surface area contributed by atoms with E-state index < -0.39 is 17.1 Å². The van der Waals surface area contributed by atoms with Crippen molar-refractivity contribution in [1.82, 2.24) is 0 Å². The second-order valence-electron chi connectivity index (χ2n) is 4.58. The number of rotatable bonds is 8. The van der Waals surface area contributed by atoms with Crippen LogP contribution in [0.3, 0.4) is 0 Å². The zero-order valence-corrected chi connectivity index (χ0v) is 15.4. The summed E-state index contributed by atoms with van der Waals surface area (Å²) in [5.41, 5.74) is 0. The van der Waals surface area contributed by atoms with Crippen LogP contribution in [0.2, 0.25) is 12.1 Å². The van der Waals surface area contributed by atoms with Gasteiger partial charge in [-0.3, -0.25) is 0 Å². The van der Waals surface area contributed by atoms with Gasteiger partial charge in [0.2, 0.25) is 0 Å². The van der Waals surface area contributed by atoms with E-state index in [2.05, 4.69) is 26.0 Å². The molecule has 0 fully saturated rings. The predicted octanol–water partition coefficient (Wildman–Crippen LogP) is 1.61. The fourth-order valence-electron chi connectivity index (χ4n) is 2.71. The van der Waals surface area contributed by atoms with E-state index in [-0.39, 0.29) is 0 Å². The highest BCUT2D eigenvalue weighted by Gasteiger charge is 2.45. The van der Waals surface area contributed by atoms with Crippen molar-refractivity contribution in [3.8, 4) is 0 Å². The van der Waals surface area contributed by atoms with Crippen molar-refractivity contribution in [3.05, 3.63) is 24.3 Å². The summed E-state index contributed by atoms with van der Waals surface area (Å²) in [5, 5.41) is 2.26. The smallest absolute Gasteiger partial charge is 0.371 e. The summed E-state index contributed by atoms with van der Waals surface area (Å²) in [6.45, 7) is 4.20. The van der Waals surface area contributed by atoms with Crippen molar-refractivity contribution in [2.24, 2.45) is 0 Å². The van der Waals surface area contributed by atoms with Crippen LogP contribution in [0.4, 0.5) is 0 Å². The van der Waals surface area contributed by atoms with Crippen LogP contribution in [0.5, 0.6) is 0 Å². The molecule has 1 aromatic carbocycles. The first-order valence-electron chi connectivity index (χ1n) is 6.90. The molecule has 0 unspecified atom stereocenters. The Morgan fingerprint density at radius 2 is 1.00 bits per heavy atom. The first kappa shape index (κ1) is 17.5. The highest BCUT2D eigenvalue weighted by atomic mass is 28.4. The largest absolute Gasteiger partial charge is 0.394 e. The summed E-state index contributed by atoms with van der Waals surface area (Å²) in [6, 6.07) is 9.92. The van der Waals surface area contributed by atoms with E-state index in [0.29, 0.717) is 0 Å². The Balaban J connectivity index is 3.51. The average molecular weight is 315 g/mol. The third-order valence-electron chi connectivity index (χ3n) is 4.00. The minimum atomic E-state index is -2.42. The van der Waals surface area contributed by atoms with Crippen molar-refractivity contribution < 1.29 is 17.7 Å². The number of benzene rings is 1. The highest BCUT2D eigenvalue weighted by molar-refractivity contribution is 6.91. The van der Waals surface area contributed by atoms with E-state index in [1.54, 1.807) is 28.4 Å². The van der Waals surface area contributed by atoms with E-state index in [4.69, 9.17) is 17.7 Å². The number of hydrogen-bond acceptors (Lipinski definition) is 4. The zero-order chi connectivity index (χ0) is 15.2. The van der Waals surface area contributed by atoms with Crippen LogP contribution in [-0.4, -0.2) is 45.6 Å². The Morgan fingerprint density at radius 3 is 1.20 bits per heavy atom. The summed E-state index contributed by atoms with van der Waals surface area (Å²) >= 11 is 0. The SMILES string of the molecule is CC[Si](OC)(OC)c1ccccc1[Si](CC)(OC)OC. The summed E-state index contributed by atoms with van der Waals surface area (Å²) in [5.74, 6) is 0. The molecule has 0 saturated heterocycles. The maximum atomic E-state index is 5.82. The fraction of sp³-hybridized carbons (Fsp3) is 0.571. The molecular weight excluding hydrogens is 288 g/mol.